The Morgan fingerprint density at radius 1 is 1.25 bits per heavy atom. The normalized spacial score (nSPS) is 10.8. The number of benzene rings is 1. The van der Waals surface area contributed by atoms with Gasteiger partial charge in [0.2, 0.25) is 0 Å². The summed E-state index contributed by atoms with van der Waals surface area (Å²) in [5.41, 5.74) is -0.357. The highest BCUT2D eigenvalue weighted by Gasteiger charge is 2.18. The van der Waals surface area contributed by atoms with Crippen molar-refractivity contribution in [3.63, 3.8) is 0 Å². The predicted molar refractivity (Wildman–Crippen MR) is 60.3 cm³/mol. The molecule has 4 nitrogen and oxygen atoms in total. The Balaban J connectivity index is 2.92. The Hall–Kier alpha value is -1.84. The van der Waals surface area contributed by atoms with E-state index in [9.17, 15) is 15.0 Å². The monoisotopic (exact) mass is 212 g/mol. The molecule has 0 amide bonds. The van der Waals surface area contributed by atoms with Gasteiger partial charge in [0.25, 0.3) is 0 Å². The summed E-state index contributed by atoms with van der Waals surface area (Å²) in [6.07, 6.45) is 0. The van der Waals surface area contributed by atoms with Crippen LogP contribution in [0.4, 0.5) is 0 Å². The third-order valence-electron chi connectivity index (χ3n) is 2.35. The van der Waals surface area contributed by atoms with Crippen molar-refractivity contribution in [1.82, 2.24) is 0 Å². The molecule has 1 aromatic carbocycles. The van der Waals surface area contributed by atoms with E-state index in [1.807, 2.05) is 0 Å². The Morgan fingerprint density at radius 3 is 2.38 bits per heavy atom. The zero-order chi connectivity index (χ0) is 12.0. The number of phenolic OH excluding ortho intramolecular Hbond substituents is 2. The van der Waals surface area contributed by atoms with Crippen molar-refractivity contribution in [3.8, 4) is 11.5 Å². The molecule has 2 rings (SSSR count). The first kappa shape index (κ1) is 10.7. The molecule has 0 atom stereocenters. The lowest BCUT2D eigenvalue weighted by atomic mass is 9.78. The first-order chi connectivity index (χ1) is 7.43. The molecule has 0 aliphatic carbocycles. The standard InChI is InChI=1S/C10H6B2O4/c1-3(13)5-2-4-8(14)6(11)7(12)9(15)10(4)16-5/h2,14-15H,1H3. The molecule has 6 heteroatoms. The molecule has 76 valence electrons. The summed E-state index contributed by atoms with van der Waals surface area (Å²) >= 11 is 0. The molecule has 16 heavy (non-hydrogen) atoms. The van der Waals surface area contributed by atoms with Crippen LogP contribution in [0.3, 0.4) is 0 Å². The van der Waals surface area contributed by atoms with Crippen LogP contribution in [0.25, 0.3) is 11.0 Å². The van der Waals surface area contributed by atoms with Crippen molar-refractivity contribution in [2.24, 2.45) is 0 Å². The number of hydrogen-bond acceptors (Lipinski definition) is 4. The molecule has 2 N–H and O–H groups in total. The Morgan fingerprint density at radius 2 is 1.81 bits per heavy atom. The number of fused-ring (bicyclic) bond motifs is 1. The molecule has 0 spiro atoms. The number of furan rings is 1. The SMILES string of the molecule is [B]c1c([B])c(O)c2oc(C(C)=O)cc2c1O. The van der Waals surface area contributed by atoms with Gasteiger partial charge in [-0.15, -0.1) is 0 Å². The van der Waals surface area contributed by atoms with Crippen LogP contribution in [0.15, 0.2) is 10.5 Å². The molecule has 1 aromatic heterocycles. The van der Waals surface area contributed by atoms with Crippen LogP contribution in [0.2, 0.25) is 0 Å². The minimum absolute atomic E-state index is 0.0191. The van der Waals surface area contributed by atoms with Gasteiger partial charge in [-0.05, 0) is 6.07 Å². The minimum Gasteiger partial charge on any atom is -0.508 e. The summed E-state index contributed by atoms with van der Waals surface area (Å²) in [6, 6.07) is 1.31. The summed E-state index contributed by atoms with van der Waals surface area (Å²) in [5.74, 6) is -0.989. The lowest BCUT2D eigenvalue weighted by molar-refractivity contribution is 0.0989. The lowest BCUT2D eigenvalue weighted by Gasteiger charge is -2.07. The average molecular weight is 212 g/mol. The average Bonchev–Trinajstić information content (AvgIpc) is 2.68. The van der Waals surface area contributed by atoms with E-state index in [4.69, 9.17) is 20.1 Å². The highest BCUT2D eigenvalue weighted by atomic mass is 16.4. The second-order valence-corrected chi connectivity index (χ2v) is 3.43. The fourth-order valence-corrected chi connectivity index (χ4v) is 1.44. The van der Waals surface area contributed by atoms with Gasteiger partial charge in [-0.3, -0.25) is 4.79 Å². The zero-order valence-electron chi connectivity index (χ0n) is 8.44. The van der Waals surface area contributed by atoms with E-state index in [0.29, 0.717) is 0 Å². The molecular formula is C10H6B2O4. The van der Waals surface area contributed by atoms with Crippen molar-refractivity contribution >= 4 is 43.4 Å². The van der Waals surface area contributed by atoms with E-state index in [2.05, 4.69) is 0 Å². The number of carbonyl (C=O) groups excluding carboxylic acids is 1. The summed E-state index contributed by atoms with van der Waals surface area (Å²) in [7, 11) is 10.9. The van der Waals surface area contributed by atoms with Crippen LogP contribution in [-0.2, 0) is 0 Å². The van der Waals surface area contributed by atoms with Gasteiger partial charge < -0.3 is 14.6 Å². The number of ketones is 1. The second kappa shape index (κ2) is 3.33. The molecular weight excluding hydrogens is 206 g/mol. The van der Waals surface area contributed by atoms with Crippen LogP contribution in [-0.4, -0.2) is 31.7 Å². The molecule has 0 bridgehead atoms. The van der Waals surface area contributed by atoms with Gasteiger partial charge in [-0.25, -0.2) is 0 Å². The highest BCUT2D eigenvalue weighted by Crippen LogP contribution is 2.31. The number of carbonyl (C=O) groups is 1. The third kappa shape index (κ3) is 1.30. The quantitative estimate of drug-likeness (QED) is 0.384. The molecule has 0 aliphatic rings. The van der Waals surface area contributed by atoms with Gasteiger partial charge in [0.1, 0.15) is 21.4 Å². The largest absolute Gasteiger partial charge is 0.508 e. The van der Waals surface area contributed by atoms with E-state index in [0.717, 1.165) is 0 Å². The molecule has 0 unspecified atom stereocenters. The van der Waals surface area contributed by atoms with E-state index in [1.54, 1.807) is 0 Å². The van der Waals surface area contributed by atoms with Gasteiger partial charge in [0.15, 0.2) is 22.9 Å². The van der Waals surface area contributed by atoms with E-state index in [-0.39, 0.29) is 44.9 Å². The van der Waals surface area contributed by atoms with Crippen molar-refractivity contribution in [2.75, 3.05) is 0 Å². The van der Waals surface area contributed by atoms with Crippen LogP contribution in [0, 0.1) is 0 Å². The van der Waals surface area contributed by atoms with Gasteiger partial charge >= 0.3 is 0 Å². The molecule has 0 fully saturated rings. The fourth-order valence-electron chi connectivity index (χ4n) is 1.44. The topological polar surface area (TPSA) is 70.7 Å². The van der Waals surface area contributed by atoms with Crippen molar-refractivity contribution < 1.29 is 19.4 Å². The summed E-state index contributed by atoms with van der Waals surface area (Å²) in [5, 5.41) is 19.5. The van der Waals surface area contributed by atoms with Crippen LogP contribution < -0.4 is 10.9 Å². The zero-order valence-corrected chi connectivity index (χ0v) is 8.44. The van der Waals surface area contributed by atoms with E-state index < -0.39 is 0 Å². The summed E-state index contributed by atoms with van der Waals surface area (Å²) in [4.78, 5) is 11.1. The molecule has 1 heterocycles. The van der Waals surface area contributed by atoms with Gasteiger partial charge in [0.05, 0.1) is 5.39 Å². The van der Waals surface area contributed by atoms with E-state index >= 15 is 0 Å². The Labute approximate surface area is 93.7 Å². The first-order valence-electron chi connectivity index (χ1n) is 4.46. The van der Waals surface area contributed by atoms with Crippen molar-refractivity contribution in [2.45, 2.75) is 6.92 Å². The number of rotatable bonds is 1. The number of hydrogen-bond donors (Lipinski definition) is 2. The molecule has 0 saturated carbocycles. The fraction of sp³-hybridized carbons (Fsp3) is 0.100. The number of phenols is 2. The third-order valence-corrected chi connectivity index (χ3v) is 2.35. The number of Topliss-reactive ketones (excluding diaryl/α,β-unsaturated/α-hetero) is 1. The predicted octanol–water partition coefficient (Wildman–Crippen LogP) is -0.366. The smallest absolute Gasteiger partial charge is 0.194 e. The molecule has 0 aliphatic heterocycles. The molecule has 4 radical (unpaired) electrons. The summed E-state index contributed by atoms with van der Waals surface area (Å²) in [6.45, 7) is 1.30. The number of aromatic hydroxyl groups is 2. The van der Waals surface area contributed by atoms with Crippen LogP contribution in [0.5, 0.6) is 11.5 Å². The highest BCUT2D eigenvalue weighted by molar-refractivity contribution is 6.52. The van der Waals surface area contributed by atoms with Crippen molar-refractivity contribution in [3.05, 3.63) is 11.8 Å². The van der Waals surface area contributed by atoms with E-state index in [1.165, 1.54) is 13.0 Å². The molecule has 2 aromatic rings. The second-order valence-electron chi connectivity index (χ2n) is 3.43. The lowest BCUT2D eigenvalue weighted by Crippen LogP contribution is -2.26. The van der Waals surface area contributed by atoms with Gasteiger partial charge in [-0.1, -0.05) is 10.9 Å². The van der Waals surface area contributed by atoms with Crippen molar-refractivity contribution in [1.29, 1.82) is 0 Å². The maximum absolute atomic E-state index is 11.1. The minimum atomic E-state index is -0.377. The van der Waals surface area contributed by atoms with Gasteiger partial charge in [0, 0.05) is 6.92 Å². The maximum Gasteiger partial charge on any atom is 0.194 e. The van der Waals surface area contributed by atoms with Crippen LogP contribution in [0.1, 0.15) is 17.5 Å². The summed E-state index contributed by atoms with van der Waals surface area (Å²) < 4.78 is 5.08. The Kier molecular flexibility index (Phi) is 2.22. The van der Waals surface area contributed by atoms with Gasteiger partial charge in [-0.2, -0.15) is 0 Å². The Bertz CT molecular complexity index is 556. The molecule has 0 saturated heterocycles. The van der Waals surface area contributed by atoms with Crippen LogP contribution >= 0.6 is 0 Å². The maximum atomic E-state index is 11.1. The first-order valence-corrected chi connectivity index (χ1v) is 4.46.